The van der Waals surface area contributed by atoms with Crippen LogP contribution in [0.3, 0.4) is 0 Å². The van der Waals surface area contributed by atoms with Crippen LogP contribution >= 0.6 is 12.2 Å². The van der Waals surface area contributed by atoms with E-state index in [9.17, 15) is 0 Å². The predicted octanol–water partition coefficient (Wildman–Crippen LogP) is 0.605. The van der Waals surface area contributed by atoms with Crippen molar-refractivity contribution in [3.8, 4) is 5.82 Å². The molecule has 2 rings (SSSR count). The van der Waals surface area contributed by atoms with E-state index in [0.29, 0.717) is 17.5 Å². The van der Waals surface area contributed by atoms with Gasteiger partial charge in [-0.1, -0.05) is 12.2 Å². The van der Waals surface area contributed by atoms with Gasteiger partial charge in [-0.3, -0.25) is 4.57 Å². The fourth-order valence-corrected chi connectivity index (χ4v) is 1.40. The molecule has 0 aromatic carbocycles. The summed E-state index contributed by atoms with van der Waals surface area (Å²) >= 11 is 4.89. The zero-order chi connectivity index (χ0) is 10.8. The van der Waals surface area contributed by atoms with E-state index < -0.39 is 0 Å². The van der Waals surface area contributed by atoms with Crippen molar-refractivity contribution in [3.63, 3.8) is 0 Å². The first kappa shape index (κ1) is 9.72. The second-order valence-electron chi connectivity index (χ2n) is 2.95. The minimum absolute atomic E-state index is 0.247. The average Bonchev–Trinajstić information content (AvgIpc) is 2.65. The molecule has 76 valence electrons. The monoisotopic (exact) mass is 219 g/mol. The maximum atomic E-state index is 5.54. The van der Waals surface area contributed by atoms with Crippen molar-refractivity contribution in [2.24, 2.45) is 5.73 Å². The summed E-state index contributed by atoms with van der Waals surface area (Å²) < 4.78 is 1.73. The molecule has 2 aromatic heterocycles. The number of thiocarbonyl (C=S) groups is 1. The molecule has 0 radical (unpaired) electrons. The number of rotatable bonds is 2. The van der Waals surface area contributed by atoms with Gasteiger partial charge >= 0.3 is 0 Å². The van der Waals surface area contributed by atoms with Gasteiger partial charge in [-0.15, -0.1) is 0 Å². The van der Waals surface area contributed by atoms with Crippen molar-refractivity contribution in [2.45, 2.75) is 6.92 Å². The molecule has 0 saturated carbocycles. The first-order valence-corrected chi connectivity index (χ1v) is 4.72. The van der Waals surface area contributed by atoms with Gasteiger partial charge in [-0.25, -0.2) is 15.0 Å². The number of aryl methyl sites for hydroxylation is 1. The topological polar surface area (TPSA) is 69.6 Å². The number of nitrogens with two attached hydrogens (primary N) is 1. The molecule has 0 unspecified atom stereocenters. The fraction of sp³-hybridized carbons (Fsp3) is 0.111. The Bertz CT molecular complexity index is 505. The van der Waals surface area contributed by atoms with Gasteiger partial charge in [0.15, 0.2) is 5.82 Å². The molecule has 5 nitrogen and oxygen atoms in total. The number of hydrogen-bond acceptors (Lipinski definition) is 4. The summed E-state index contributed by atoms with van der Waals surface area (Å²) in [5, 5.41) is 0. The lowest BCUT2D eigenvalue weighted by Gasteiger charge is -2.05. The molecule has 15 heavy (non-hydrogen) atoms. The Kier molecular flexibility index (Phi) is 2.42. The summed E-state index contributed by atoms with van der Waals surface area (Å²) in [5.74, 6) is 1.93. The van der Waals surface area contributed by atoms with Crippen LogP contribution in [0.1, 0.15) is 11.6 Å². The molecule has 6 heteroatoms. The number of imidazole rings is 1. The third-order valence-corrected chi connectivity index (χ3v) is 2.05. The van der Waals surface area contributed by atoms with Crippen LogP contribution in [-0.4, -0.2) is 24.5 Å². The highest BCUT2D eigenvalue weighted by atomic mass is 32.1. The van der Waals surface area contributed by atoms with Crippen molar-refractivity contribution in [1.82, 2.24) is 19.5 Å². The number of hydrogen-bond donors (Lipinski definition) is 1. The van der Waals surface area contributed by atoms with Crippen molar-refractivity contribution in [1.29, 1.82) is 0 Å². The van der Waals surface area contributed by atoms with Crippen LogP contribution in [0.25, 0.3) is 5.82 Å². The summed E-state index contributed by atoms with van der Waals surface area (Å²) in [5.41, 5.74) is 5.54. The standard InChI is InChI=1S/C9H9N5S/c1-6-11-3-2-7(13-6)14-5-4-12-9(14)8(10)15/h2-5H,1H3,(H2,10,15). The predicted molar refractivity (Wildman–Crippen MR) is 59.8 cm³/mol. The summed E-state index contributed by atoms with van der Waals surface area (Å²) in [6.45, 7) is 1.82. The van der Waals surface area contributed by atoms with Crippen LogP contribution in [-0.2, 0) is 0 Å². The largest absolute Gasteiger partial charge is 0.387 e. The van der Waals surface area contributed by atoms with Gasteiger partial charge in [0.05, 0.1) is 0 Å². The van der Waals surface area contributed by atoms with E-state index in [1.165, 1.54) is 0 Å². The lowest BCUT2D eigenvalue weighted by Crippen LogP contribution is -2.16. The van der Waals surface area contributed by atoms with E-state index in [-0.39, 0.29) is 4.99 Å². The van der Waals surface area contributed by atoms with Crippen molar-refractivity contribution in [3.05, 3.63) is 36.3 Å². The Labute approximate surface area is 92.0 Å². The smallest absolute Gasteiger partial charge is 0.173 e. The van der Waals surface area contributed by atoms with Gasteiger partial charge in [-0.05, 0) is 13.0 Å². The highest BCUT2D eigenvalue weighted by Crippen LogP contribution is 2.07. The SMILES string of the molecule is Cc1nccc(-n2ccnc2C(N)=S)n1. The van der Waals surface area contributed by atoms with Gasteiger partial charge in [0.25, 0.3) is 0 Å². The van der Waals surface area contributed by atoms with Gasteiger partial charge < -0.3 is 5.73 Å². The minimum atomic E-state index is 0.247. The highest BCUT2D eigenvalue weighted by molar-refractivity contribution is 7.80. The average molecular weight is 219 g/mol. The first-order valence-electron chi connectivity index (χ1n) is 4.31. The first-order chi connectivity index (χ1) is 7.18. The van der Waals surface area contributed by atoms with Gasteiger partial charge in [0, 0.05) is 18.6 Å². The summed E-state index contributed by atoms with van der Waals surface area (Å²) in [4.78, 5) is 12.6. The molecule has 0 fully saturated rings. The molecule has 0 aliphatic rings. The Balaban J connectivity index is 2.54. The number of aromatic nitrogens is 4. The van der Waals surface area contributed by atoms with Crippen molar-refractivity contribution < 1.29 is 0 Å². The van der Waals surface area contributed by atoms with Crippen LogP contribution in [0.5, 0.6) is 0 Å². The maximum Gasteiger partial charge on any atom is 0.173 e. The van der Waals surface area contributed by atoms with E-state index in [4.69, 9.17) is 18.0 Å². The normalized spacial score (nSPS) is 10.2. The lowest BCUT2D eigenvalue weighted by atomic mass is 10.5. The molecular weight excluding hydrogens is 210 g/mol. The van der Waals surface area contributed by atoms with Crippen molar-refractivity contribution in [2.75, 3.05) is 0 Å². The van der Waals surface area contributed by atoms with Crippen LogP contribution in [0.2, 0.25) is 0 Å². The molecule has 0 amide bonds. The molecule has 0 aliphatic heterocycles. The van der Waals surface area contributed by atoms with E-state index in [0.717, 1.165) is 0 Å². The third-order valence-electron chi connectivity index (χ3n) is 1.87. The number of nitrogens with zero attached hydrogens (tertiary/aromatic N) is 4. The third kappa shape index (κ3) is 1.84. The van der Waals surface area contributed by atoms with Crippen LogP contribution in [0, 0.1) is 6.92 Å². The summed E-state index contributed by atoms with van der Waals surface area (Å²) in [6, 6.07) is 1.77. The second-order valence-corrected chi connectivity index (χ2v) is 3.39. The van der Waals surface area contributed by atoms with Crippen LogP contribution in [0.4, 0.5) is 0 Å². The summed E-state index contributed by atoms with van der Waals surface area (Å²) in [7, 11) is 0. The quantitative estimate of drug-likeness (QED) is 0.749. The Morgan fingerprint density at radius 1 is 1.40 bits per heavy atom. The zero-order valence-corrected chi connectivity index (χ0v) is 8.90. The minimum Gasteiger partial charge on any atom is -0.387 e. The van der Waals surface area contributed by atoms with Gasteiger partial charge in [-0.2, -0.15) is 0 Å². The molecule has 0 atom stereocenters. The van der Waals surface area contributed by atoms with Crippen LogP contribution < -0.4 is 5.73 Å². The van der Waals surface area contributed by atoms with E-state index >= 15 is 0 Å². The molecular formula is C9H9N5S. The van der Waals surface area contributed by atoms with Gasteiger partial charge in [0.2, 0.25) is 0 Å². The second kappa shape index (κ2) is 3.74. The van der Waals surface area contributed by atoms with E-state index in [1.54, 1.807) is 29.2 Å². The molecule has 0 bridgehead atoms. The lowest BCUT2D eigenvalue weighted by molar-refractivity contribution is 0.928. The van der Waals surface area contributed by atoms with Crippen LogP contribution in [0.15, 0.2) is 24.7 Å². The molecule has 2 N–H and O–H groups in total. The van der Waals surface area contributed by atoms with Gasteiger partial charge in [0.1, 0.15) is 16.6 Å². The fourth-order valence-electron chi connectivity index (χ4n) is 1.25. The van der Waals surface area contributed by atoms with E-state index in [1.807, 2.05) is 6.92 Å². The van der Waals surface area contributed by atoms with Crippen molar-refractivity contribution >= 4 is 17.2 Å². The molecule has 2 heterocycles. The summed E-state index contributed by atoms with van der Waals surface area (Å²) in [6.07, 6.45) is 5.07. The van der Waals surface area contributed by atoms with E-state index in [2.05, 4.69) is 15.0 Å². The zero-order valence-electron chi connectivity index (χ0n) is 8.08. The molecule has 0 saturated heterocycles. The maximum absolute atomic E-state index is 5.54. The highest BCUT2D eigenvalue weighted by Gasteiger charge is 2.08. The Morgan fingerprint density at radius 2 is 2.20 bits per heavy atom. The molecule has 0 spiro atoms. The Hall–Kier alpha value is -1.82. The molecule has 0 aliphatic carbocycles. The molecule has 2 aromatic rings. The Morgan fingerprint density at radius 3 is 2.87 bits per heavy atom.